The van der Waals surface area contributed by atoms with Crippen LogP contribution in [0.2, 0.25) is 0 Å². The molecular formula is C10H17NO. The molecule has 2 heterocycles. The van der Waals surface area contributed by atoms with Gasteiger partial charge in [0.15, 0.2) is 0 Å². The summed E-state index contributed by atoms with van der Waals surface area (Å²) in [5, 5.41) is 0. The summed E-state index contributed by atoms with van der Waals surface area (Å²) in [5.41, 5.74) is 0. The molecule has 0 aromatic heterocycles. The zero-order chi connectivity index (χ0) is 8.72. The normalized spacial score (nSPS) is 41.7. The molecule has 0 radical (unpaired) electrons. The van der Waals surface area contributed by atoms with Crippen LogP contribution in [-0.2, 0) is 4.79 Å². The number of nitrogens with zero attached hydrogens (tertiary/aromatic N) is 1. The maximum atomic E-state index is 11.3. The van der Waals surface area contributed by atoms with Gasteiger partial charge in [-0.15, -0.1) is 0 Å². The minimum atomic E-state index is 0.341. The molecule has 2 aliphatic heterocycles. The van der Waals surface area contributed by atoms with Crippen LogP contribution in [0.1, 0.15) is 32.6 Å². The van der Waals surface area contributed by atoms with E-state index in [0.717, 1.165) is 12.5 Å². The van der Waals surface area contributed by atoms with Gasteiger partial charge in [-0.3, -0.25) is 9.69 Å². The third-order valence-electron chi connectivity index (χ3n) is 3.69. The van der Waals surface area contributed by atoms with Crippen molar-refractivity contribution in [2.24, 2.45) is 5.92 Å². The van der Waals surface area contributed by atoms with E-state index in [9.17, 15) is 4.79 Å². The zero-order valence-corrected chi connectivity index (χ0v) is 7.92. The zero-order valence-electron chi connectivity index (χ0n) is 7.92. The van der Waals surface area contributed by atoms with Crippen molar-refractivity contribution in [3.05, 3.63) is 0 Å². The Morgan fingerprint density at radius 1 is 1.25 bits per heavy atom. The molecule has 2 bridgehead atoms. The summed E-state index contributed by atoms with van der Waals surface area (Å²) >= 11 is 0. The number of carbonyl (C=O) groups excluding carboxylic acids is 1. The Balaban J connectivity index is 2.14. The molecule has 0 saturated carbocycles. The van der Waals surface area contributed by atoms with E-state index in [2.05, 4.69) is 11.9 Å². The molecule has 2 saturated heterocycles. The van der Waals surface area contributed by atoms with E-state index >= 15 is 0 Å². The molecule has 0 aromatic carbocycles. The van der Waals surface area contributed by atoms with Crippen molar-refractivity contribution in [2.45, 2.75) is 44.7 Å². The van der Waals surface area contributed by atoms with Gasteiger partial charge in [0, 0.05) is 18.0 Å². The van der Waals surface area contributed by atoms with Crippen LogP contribution < -0.4 is 0 Å². The third kappa shape index (κ3) is 1.09. The molecule has 0 aromatic rings. The minimum absolute atomic E-state index is 0.341. The van der Waals surface area contributed by atoms with Crippen molar-refractivity contribution in [2.75, 3.05) is 7.05 Å². The monoisotopic (exact) mass is 167 g/mol. The van der Waals surface area contributed by atoms with Crippen molar-refractivity contribution < 1.29 is 4.79 Å². The van der Waals surface area contributed by atoms with E-state index in [-0.39, 0.29) is 0 Å². The van der Waals surface area contributed by atoms with Crippen LogP contribution in [0.4, 0.5) is 0 Å². The molecule has 0 N–H and O–H groups in total. The summed E-state index contributed by atoms with van der Waals surface area (Å²) in [6.45, 7) is 1.75. The summed E-state index contributed by atoms with van der Waals surface area (Å²) in [6, 6.07) is 1.35. The Hall–Kier alpha value is -0.370. The number of rotatable bonds is 1. The summed E-state index contributed by atoms with van der Waals surface area (Å²) in [4.78, 5) is 13.7. The number of hydrogen-bond acceptors (Lipinski definition) is 2. The highest BCUT2D eigenvalue weighted by Crippen LogP contribution is 2.38. The van der Waals surface area contributed by atoms with E-state index in [1.807, 2.05) is 0 Å². The molecule has 0 aliphatic carbocycles. The summed E-state index contributed by atoms with van der Waals surface area (Å²) in [5.74, 6) is 0.737. The highest BCUT2D eigenvalue weighted by Gasteiger charge is 2.41. The fraction of sp³-hybridized carbons (Fsp3) is 0.900. The van der Waals surface area contributed by atoms with Crippen LogP contribution in [0.25, 0.3) is 0 Å². The van der Waals surface area contributed by atoms with Gasteiger partial charge in [-0.05, 0) is 39.7 Å². The maximum absolute atomic E-state index is 11.3. The van der Waals surface area contributed by atoms with Gasteiger partial charge in [-0.25, -0.2) is 0 Å². The van der Waals surface area contributed by atoms with Crippen molar-refractivity contribution in [3.63, 3.8) is 0 Å². The highest BCUT2D eigenvalue weighted by atomic mass is 16.1. The van der Waals surface area contributed by atoms with Gasteiger partial charge >= 0.3 is 0 Å². The standard InChI is InChI=1S/C10H17NO/c1-7(12)9-5-3-8-4-6-10(9)11(8)2/h8-10H,3-6H2,1-2H3/t8-,9-,10-/m0/s1. The average Bonchev–Trinajstić information content (AvgIpc) is 2.32. The Morgan fingerprint density at radius 3 is 2.58 bits per heavy atom. The van der Waals surface area contributed by atoms with Crippen molar-refractivity contribution in [1.29, 1.82) is 0 Å². The Labute approximate surface area is 73.9 Å². The molecule has 0 unspecified atom stereocenters. The fourth-order valence-corrected chi connectivity index (χ4v) is 2.91. The quantitative estimate of drug-likeness (QED) is 0.589. The largest absolute Gasteiger partial charge is 0.300 e. The second kappa shape index (κ2) is 2.84. The maximum Gasteiger partial charge on any atom is 0.134 e. The van der Waals surface area contributed by atoms with E-state index in [1.54, 1.807) is 6.92 Å². The molecule has 12 heavy (non-hydrogen) atoms. The number of hydrogen-bond donors (Lipinski definition) is 0. The molecule has 2 aliphatic rings. The van der Waals surface area contributed by atoms with Gasteiger partial charge in [0.05, 0.1) is 0 Å². The fourth-order valence-electron chi connectivity index (χ4n) is 2.91. The highest BCUT2D eigenvalue weighted by molar-refractivity contribution is 5.79. The Bertz CT molecular complexity index is 202. The molecule has 3 atom stereocenters. The SMILES string of the molecule is CC(=O)[C@@H]1CC[C@H]2CC[C@@H]1N2C. The van der Waals surface area contributed by atoms with Gasteiger partial charge in [0.2, 0.25) is 0 Å². The van der Waals surface area contributed by atoms with E-state index in [0.29, 0.717) is 17.7 Å². The Morgan fingerprint density at radius 2 is 1.92 bits per heavy atom. The third-order valence-corrected chi connectivity index (χ3v) is 3.69. The molecular weight excluding hydrogens is 150 g/mol. The number of Topliss-reactive ketones (excluding diaryl/α,β-unsaturated/α-hetero) is 1. The van der Waals surface area contributed by atoms with Crippen LogP contribution in [0.5, 0.6) is 0 Å². The van der Waals surface area contributed by atoms with Crippen molar-refractivity contribution in [1.82, 2.24) is 4.90 Å². The molecule has 68 valence electrons. The van der Waals surface area contributed by atoms with Crippen LogP contribution in [0, 0.1) is 5.92 Å². The van der Waals surface area contributed by atoms with Gasteiger partial charge in [0.25, 0.3) is 0 Å². The number of fused-ring (bicyclic) bond motifs is 2. The van der Waals surface area contributed by atoms with E-state index in [4.69, 9.17) is 0 Å². The van der Waals surface area contributed by atoms with Crippen LogP contribution in [0.15, 0.2) is 0 Å². The Kier molecular flexibility index (Phi) is 1.95. The van der Waals surface area contributed by atoms with Crippen molar-refractivity contribution >= 4 is 5.78 Å². The number of ketones is 1. The average molecular weight is 167 g/mol. The predicted octanol–water partition coefficient (Wildman–Crippen LogP) is 1.45. The summed E-state index contributed by atoms with van der Waals surface area (Å²) in [7, 11) is 2.18. The summed E-state index contributed by atoms with van der Waals surface area (Å²) in [6.07, 6.45) is 4.92. The second-order valence-corrected chi connectivity index (χ2v) is 4.26. The molecule has 0 amide bonds. The molecule has 2 nitrogen and oxygen atoms in total. The lowest BCUT2D eigenvalue weighted by Gasteiger charge is -2.36. The first-order valence-electron chi connectivity index (χ1n) is 4.92. The first kappa shape index (κ1) is 8.24. The number of piperidine rings is 1. The summed E-state index contributed by atoms with van der Waals surface area (Å²) < 4.78 is 0. The van der Waals surface area contributed by atoms with Crippen molar-refractivity contribution in [3.8, 4) is 0 Å². The van der Waals surface area contributed by atoms with E-state index < -0.39 is 0 Å². The van der Waals surface area contributed by atoms with Gasteiger partial charge in [-0.2, -0.15) is 0 Å². The van der Waals surface area contributed by atoms with Crippen LogP contribution >= 0.6 is 0 Å². The lowest BCUT2D eigenvalue weighted by molar-refractivity contribution is -0.123. The van der Waals surface area contributed by atoms with Gasteiger partial charge in [-0.1, -0.05) is 0 Å². The topological polar surface area (TPSA) is 20.3 Å². The molecule has 0 spiro atoms. The molecule has 2 heteroatoms. The van der Waals surface area contributed by atoms with Gasteiger partial charge in [0.1, 0.15) is 5.78 Å². The smallest absolute Gasteiger partial charge is 0.134 e. The molecule has 2 rings (SSSR count). The lowest BCUT2D eigenvalue weighted by atomic mass is 9.88. The molecule has 2 fully saturated rings. The predicted molar refractivity (Wildman–Crippen MR) is 48.0 cm³/mol. The van der Waals surface area contributed by atoms with E-state index in [1.165, 1.54) is 19.3 Å². The number of carbonyl (C=O) groups is 1. The minimum Gasteiger partial charge on any atom is -0.300 e. The first-order valence-corrected chi connectivity index (χ1v) is 4.92. The lowest BCUT2D eigenvalue weighted by Crippen LogP contribution is -2.44. The van der Waals surface area contributed by atoms with Crippen LogP contribution in [-0.4, -0.2) is 29.8 Å². The first-order chi connectivity index (χ1) is 5.70. The second-order valence-electron chi connectivity index (χ2n) is 4.26. The van der Waals surface area contributed by atoms with Crippen LogP contribution in [0.3, 0.4) is 0 Å². The van der Waals surface area contributed by atoms with Gasteiger partial charge < -0.3 is 0 Å².